The summed E-state index contributed by atoms with van der Waals surface area (Å²) in [5.41, 5.74) is 2.63. The third kappa shape index (κ3) is 3.20. The number of aromatic nitrogens is 2. The standard InChI is InChI=1S/C14H25BrN4/c1-10-13(15)11(18(5)17-10)9-19-7-6-16-8-12(19)14(2,3)4/h12,16H,6-9H2,1-5H3. The highest BCUT2D eigenvalue weighted by molar-refractivity contribution is 9.10. The quantitative estimate of drug-likeness (QED) is 0.904. The Labute approximate surface area is 124 Å². The van der Waals surface area contributed by atoms with Crippen molar-refractivity contribution >= 4 is 15.9 Å². The number of hydrogen-bond donors (Lipinski definition) is 1. The summed E-state index contributed by atoms with van der Waals surface area (Å²) in [7, 11) is 2.03. The Balaban J connectivity index is 2.20. The molecular formula is C14H25BrN4. The van der Waals surface area contributed by atoms with Gasteiger partial charge in [-0.15, -0.1) is 0 Å². The number of piperazine rings is 1. The molecule has 2 heterocycles. The summed E-state index contributed by atoms with van der Waals surface area (Å²) in [6.45, 7) is 13.2. The maximum absolute atomic E-state index is 4.49. The first-order chi connectivity index (χ1) is 8.80. The summed E-state index contributed by atoms with van der Waals surface area (Å²) in [5, 5.41) is 8.01. The van der Waals surface area contributed by atoms with Gasteiger partial charge in [0.2, 0.25) is 0 Å². The molecule has 0 aliphatic carbocycles. The molecule has 0 aromatic carbocycles. The van der Waals surface area contributed by atoms with Crippen molar-refractivity contribution in [2.75, 3.05) is 19.6 Å². The molecule has 5 heteroatoms. The number of nitrogens with zero attached hydrogens (tertiary/aromatic N) is 3. The molecule has 1 unspecified atom stereocenters. The van der Waals surface area contributed by atoms with Crippen molar-refractivity contribution in [3.05, 3.63) is 15.9 Å². The summed E-state index contributed by atoms with van der Waals surface area (Å²) < 4.78 is 3.16. The van der Waals surface area contributed by atoms with Crippen LogP contribution in [0.4, 0.5) is 0 Å². The first-order valence-corrected chi connectivity index (χ1v) is 7.72. The van der Waals surface area contributed by atoms with E-state index in [1.54, 1.807) is 0 Å². The van der Waals surface area contributed by atoms with E-state index in [1.807, 2.05) is 18.7 Å². The Kier molecular flexibility index (Phi) is 4.38. The second-order valence-corrected chi connectivity index (χ2v) is 7.32. The van der Waals surface area contributed by atoms with Crippen molar-refractivity contribution in [3.8, 4) is 0 Å². The number of halogens is 1. The minimum Gasteiger partial charge on any atom is -0.314 e. The van der Waals surface area contributed by atoms with Gasteiger partial charge >= 0.3 is 0 Å². The molecule has 2 rings (SSSR count). The van der Waals surface area contributed by atoms with Crippen molar-refractivity contribution in [1.29, 1.82) is 0 Å². The average molecular weight is 329 g/mol. The van der Waals surface area contributed by atoms with Gasteiger partial charge in [0.1, 0.15) is 0 Å². The van der Waals surface area contributed by atoms with Gasteiger partial charge in [-0.1, -0.05) is 20.8 Å². The highest BCUT2D eigenvalue weighted by Crippen LogP contribution is 2.29. The molecule has 0 saturated carbocycles. The average Bonchev–Trinajstić information content (AvgIpc) is 2.55. The SMILES string of the molecule is Cc1nn(C)c(CN2CCNCC2C(C)(C)C)c1Br. The van der Waals surface area contributed by atoms with Crippen LogP contribution >= 0.6 is 15.9 Å². The van der Waals surface area contributed by atoms with Gasteiger partial charge in [0.05, 0.1) is 15.9 Å². The van der Waals surface area contributed by atoms with Crippen molar-refractivity contribution in [2.24, 2.45) is 12.5 Å². The van der Waals surface area contributed by atoms with Crippen LogP contribution in [-0.4, -0.2) is 40.4 Å². The van der Waals surface area contributed by atoms with Gasteiger partial charge in [0.25, 0.3) is 0 Å². The second-order valence-electron chi connectivity index (χ2n) is 6.53. The van der Waals surface area contributed by atoms with E-state index in [2.05, 4.69) is 52.0 Å². The molecule has 1 aromatic rings. The van der Waals surface area contributed by atoms with Crippen LogP contribution < -0.4 is 5.32 Å². The van der Waals surface area contributed by atoms with Gasteiger partial charge in [-0.25, -0.2) is 0 Å². The molecule has 1 fully saturated rings. The van der Waals surface area contributed by atoms with Crippen LogP contribution in [0.25, 0.3) is 0 Å². The molecule has 0 bridgehead atoms. The van der Waals surface area contributed by atoms with E-state index < -0.39 is 0 Å². The second kappa shape index (κ2) is 5.54. The minimum atomic E-state index is 0.285. The summed E-state index contributed by atoms with van der Waals surface area (Å²) in [6, 6.07) is 0.559. The Bertz CT molecular complexity index is 447. The highest BCUT2D eigenvalue weighted by atomic mass is 79.9. The molecule has 1 N–H and O–H groups in total. The maximum Gasteiger partial charge on any atom is 0.0739 e. The molecule has 1 saturated heterocycles. The summed E-state index contributed by atoms with van der Waals surface area (Å²) in [5.74, 6) is 0. The van der Waals surface area contributed by atoms with Crippen molar-refractivity contribution < 1.29 is 0 Å². The van der Waals surface area contributed by atoms with E-state index in [9.17, 15) is 0 Å². The smallest absolute Gasteiger partial charge is 0.0739 e. The van der Waals surface area contributed by atoms with E-state index in [-0.39, 0.29) is 5.41 Å². The van der Waals surface area contributed by atoms with Gasteiger partial charge in [0.15, 0.2) is 0 Å². The van der Waals surface area contributed by atoms with Crippen LogP contribution in [0.3, 0.4) is 0 Å². The lowest BCUT2D eigenvalue weighted by Crippen LogP contribution is -2.56. The van der Waals surface area contributed by atoms with E-state index in [1.165, 1.54) is 5.69 Å². The zero-order chi connectivity index (χ0) is 14.2. The Morgan fingerprint density at radius 2 is 2.11 bits per heavy atom. The van der Waals surface area contributed by atoms with Crippen LogP contribution in [0.1, 0.15) is 32.2 Å². The van der Waals surface area contributed by atoms with E-state index in [0.29, 0.717) is 6.04 Å². The lowest BCUT2D eigenvalue weighted by Gasteiger charge is -2.43. The van der Waals surface area contributed by atoms with Gasteiger partial charge in [-0.2, -0.15) is 5.10 Å². The molecule has 108 valence electrons. The fourth-order valence-electron chi connectivity index (χ4n) is 2.83. The molecule has 19 heavy (non-hydrogen) atoms. The fourth-order valence-corrected chi connectivity index (χ4v) is 3.30. The van der Waals surface area contributed by atoms with Crippen LogP contribution in [0, 0.1) is 12.3 Å². The van der Waals surface area contributed by atoms with Crippen molar-refractivity contribution in [3.63, 3.8) is 0 Å². The zero-order valence-electron chi connectivity index (χ0n) is 12.6. The summed E-state index contributed by atoms with van der Waals surface area (Å²) in [6.07, 6.45) is 0. The van der Waals surface area contributed by atoms with E-state index in [0.717, 1.165) is 36.3 Å². The Hall–Kier alpha value is -0.390. The molecule has 1 aliphatic heterocycles. The predicted molar refractivity (Wildman–Crippen MR) is 82.2 cm³/mol. The number of aryl methyl sites for hydroxylation is 2. The van der Waals surface area contributed by atoms with E-state index in [4.69, 9.17) is 0 Å². The van der Waals surface area contributed by atoms with E-state index >= 15 is 0 Å². The molecule has 1 aromatic heterocycles. The molecule has 0 radical (unpaired) electrons. The molecule has 4 nitrogen and oxygen atoms in total. The van der Waals surface area contributed by atoms with Crippen molar-refractivity contribution in [1.82, 2.24) is 20.0 Å². The number of nitrogens with one attached hydrogen (secondary N) is 1. The largest absolute Gasteiger partial charge is 0.314 e. The van der Waals surface area contributed by atoms with Gasteiger partial charge < -0.3 is 5.32 Å². The normalized spacial score (nSPS) is 21.9. The molecule has 1 atom stereocenters. The summed E-state index contributed by atoms with van der Waals surface area (Å²) in [4.78, 5) is 2.58. The van der Waals surface area contributed by atoms with Crippen LogP contribution in [0.2, 0.25) is 0 Å². The molecular weight excluding hydrogens is 304 g/mol. The lowest BCUT2D eigenvalue weighted by molar-refractivity contribution is 0.0667. The predicted octanol–water partition coefficient (Wildman–Crippen LogP) is 2.31. The highest BCUT2D eigenvalue weighted by Gasteiger charge is 2.33. The molecule has 0 spiro atoms. The maximum atomic E-state index is 4.49. The first kappa shape index (κ1) is 15.0. The monoisotopic (exact) mass is 328 g/mol. The number of rotatable bonds is 2. The third-order valence-corrected chi connectivity index (χ3v) is 5.00. The molecule has 0 amide bonds. The Morgan fingerprint density at radius 3 is 2.63 bits per heavy atom. The first-order valence-electron chi connectivity index (χ1n) is 6.93. The summed E-state index contributed by atoms with van der Waals surface area (Å²) >= 11 is 3.67. The fraction of sp³-hybridized carbons (Fsp3) is 0.786. The lowest BCUT2D eigenvalue weighted by atomic mass is 9.84. The minimum absolute atomic E-state index is 0.285. The van der Waals surface area contributed by atoms with Crippen LogP contribution in [-0.2, 0) is 13.6 Å². The van der Waals surface area contributed by atoms with Gasteiger partial charge in [0, 0.05) is 39.3 Å². The van der Waals surface area contributed by atoms with Gasteiger partial charge in [-0.05, 0) is 28.3 Å². The topological polar surface area (TPSA) is 33.1 Å². The number of hydrogen-bond acceptors (Lipinski definition) is 3. The van der Waals surface area contributed by atoms with Crippen LogP contribution in [0.15, 0.2) is 4.47 Å². The third-order valence-electron chi connectivity index (χ3n) is 3.97. The van der Waals surface area contributed by atoms with Crippen molar-refractivity contribution in [2.45, 2.75) is 40.3 Å². The Morgan fingerprint density at radius 1 is 1.42 bits per heavy atom. The molecule has 1 aliphatic rings. The zero-order valence-corrected chi connectivity index (χ0v) is 14.2. The van der Waals surface area contributed by atoms with Crippen LogP contribution in [0.5, 0.6) is 0 Å². The van der Waals surface area contributed by atoms with Gasteiger partial charge in [-0.3, -0.25) is 9.58 Å².